The van der Waals surface area contributed by atoms with E-state index in [-0.39, 0.29) is 5.91 Å². The maximum atomic E-state index is 12.4. The van der Waals surface area contributed by atoms with Gasteiger partial charge in [-0.05, 0) is 43.1 Å². The molecule has 2 aliphatic rings. The van der Waals surface area contributed by atoms with Crippen LogP contribution in [0.1, 0.15) is 48.0 Å². The first kappa shape index (κ1) is 17.1. The topological polar surface area (TPSA) is 58.6 Å². The molecule has 1 saturated carbocycles. The lowest BCUT2D eigenvalue weighted by Crippen LogP contribution is -2.35. The minimum Gasteiger partial charge on any atom is -0.321 e. The van der Waals surface area contributed by atoms with Crippen molar-refractivity contribution in [3.05, 3.63) is 29.3 Å². The van der Waals surface area contributed by atoms with Crippen LogP contribution in [0.5, 0.6) is 0 Å². The largest absolute Gasteiger partial charge is 0.434 e. The van der Waals surface area contributed by atoms with E-state index >= 15 is 0 Å². The summed E-state index contributed by atoms with van der Waals surface area (Å²) in [6.45, 7) is 1.39. The molecule has 0 bridgehead atoms. The van der Waals surface area contributed by atoms with Crippen LogP contribution in [0.15, 0.2) is 23.1 Å². The Morgan fingerprint density at radius 3 is 2.62 bits per heavy atom. The van der Waals surface area contributed by atoms with Crippen LogP contribution in [-0.4, -0.2) is 36.2 Å². The van der Waals surface area contributed by atoms with E-state index in [1.54, 1.807) is 22.7 Å². The van der Waals surface area contributed by atoms with Crippen LogP contribution < -0.4 is 5.48 Å². The molecule has 1 aromatic rings. The molecule has 0 spiro atoms. The summed E-state index contributed by atoms with van der Waals surface area (Å²) in [5.74, 6) is 0.379. The molecule has 1 heterocycles. The fourth-order valence-corrected chi connectivity index (χ4v) is 4.08. The summed E-state index contributed by atoms with van der Waals surface area (Å²) in [5.41, 5.74) is 4.11. The van der Waals surface area contributed by atoms with Crippen molar-refractivity contribution < 1.29 is 14.4 Å². The summed E-state index contributed by atoms with van der Waals surface area (Å²) in [7, 11) is 0. The first-order valence-electron chi connectivity index (χ1n) is 8.61. The number of nitrogens with one attached hydrogen (secondary N) is 1. The molecule has 1 aliphatic heterocycles. The lowest BCUT2D eigenvalue weighted by atomic mass is 9.81. The van der Waals surface area contributed by atoms with E-state index in [1.165, 1.54) is 24.8 Å². The Labute approximate surface area is 147 Å². The van der Waals surface area contributed by atoms with E-state index in [1.807, 2.05) is 12.3 Å². The summed E-state index contributed by atoms with van der Waals surface area (Å²) in [5, 5.41) is 0. The highest BCUT2D eigenvalue weighted by Crippen LogP contribution is 2.34. The number of hydroxylamine groups is 1. The molecule has 1 aromatic carbocycles. The van der Waals surface area contributed by atoms with Crippen molar-refractivity contribution in [1.29, 1.82) is 0 Å². The fourth-order valence-electron chi connectivity index (χ4n) is 3.28. The van der Waals surface area contributed by atoms with Crippen LogP contribution >= 0.6 is 11.8 Å². The monoisotopic (exact) mass is 348 g/mol. The second kappa shape index (κ2) is 7.92. The van der Waals surface area contributed by atoms with Crippen molar-refractivity contribution in [2.75, 3.05) is 19.3 Å². The minimum atomic E-state index is -0.475. The van der Waals surface area contributed by atoms with Gasteiger partial charge < -0.3 is 9.74 Å². The maximum absolute atomic E-state index is 12.4. The average molecular weight is 348 g/mol. The predicted molar refractivity (Wildman–Crippen MR) is 94.0 cm³/mol. The van der Waals surface area contributed by atoms with E-state index in [0.29, 0.717) is 18.7 Å². The molecule has 1 aliphatic carbocycles. The molecule has 0 atom stereocenters. The average Bonchev–Trinajstić information content (AvgIpc) is 3.09. The summed E-state index contributed by atoms with van der Waals surface area (Å²) < 4.78 is 0. The molecule has 3 rings (SSSR count). The zero-order valence-electron chi connectivity index (χ0n) is 14.0. The van der Waals surface area contributed by atoms with Gasteiger partial charge in [0.2, 0.25) is 0 Å². The number of rotatable bonds is 4. The van der Waals surface area contributed by atoms with Gasteiger partial charge in [-0.25, -0.2) is 4.79 Å². The zero-order chi connectivity index (χ0) is 16.9. The summed E-state index contributed by atoms with van der Waals surface area (Å²) in [6.07, 6.45) is 8.36. The summed E-state index contributed by atoms with van der Waals surface area (Å²) in [6, 6.07) is 5.79. The normalized spacial score (nSPS) is 17.5. The van der Waals surface area contributed by atoms with Gasteiger partial charge in [-0.2, -0.15) is 5.48 Å². The van der Waals surface area contributed by atoms with Crippen molar-refractivity contribution in [1.82, 2.24) is 10.4 Å². The summed E-state index contributed by atoms with van der Waals surface area (Å²) in [4.78, 5) is 31.9. The van der Waals surface area contributed by atoms with Crippen molar-refractivity contribution >= 4 is 23.8 Å². The molecule has 1 N–H and O–H groups in total. The van der Waals surface area contributed by atoms with E-state index < -0.39 is 6.09 Å². The number of hydrogen-bond donors (Lipinski definition) is 1. The van der Waals surface area contributed by atoms with Gasteiger partial charge in [-0.1, -0.05) is 31.4 Å². The Morgan fingerprint density at radius 1 is 1.25 bits per heavy atom. The third-order valence-corrected chi connectivity index (χ3v) is 5.76. The number of benzene rings is 1. The third-order valence-electron chi connectivity index (χ3n) is 4.87. The smallest absolute Gasteiger partial charge is 0.321 e. The number of amides is 2. The van der Waals surface area contributed by atoms with Gasteiger partial charge in [0.15, 0.2) is 0 Å². The molecule has 2 amide bonds. The van der Waals surface area contributed by atoms with Crippen molar-refractivity contribution in [3.63, 3.8) is 0 Å². The van der Waals surface area contributed by atoms with Crippen LogP contribution in [0.2, 0.25) is 0 Å². The van der Waals surface area contributed by atoms with Crippen LogP contribution in [0.4, 0.5) is 4.79 Å². The number of nitrogens with zero attached hydrogens (tertiary/aromatic N) is 1. The number of carbonyl (C=O) groups excluding carboxylic acids is 2. The number of likely N-dealkylation sites (tertiary alicyclic amines) is 1. The minimum absolute atomic E-state index is 0.359. The Morgan fingerprint density at radius 2 is 2.00 bits per heavy atom. The number of hydrogen-bond acceptors (Lipinski definition) is 4. The molecule has 24 heavy (non-hydrogen) atoms. The molecule has 0 unspecified atom stereocenters. The number of thioether (sulfide) groups is 1. The van der Waals surface area contributed by atoms with Gasteiger partial charge in [0.25, 0.3) is 5.91 Å². The second-order valence-corrected chi connectivity index (χ2v) is 7.31. The quantitative estimate of drug-likeness (QED) is 0.667. The molecular formula is C18H24N2O3S. The van der Waals surface area contributed by atoms with Gasteiger partial charge in [-0.3, -0.25) is 4.79 Å². The SMILES string of the molecule is CSc1c(CC2CCC2)cccc1C(=O)NOC(=O)N1CCCC1. The second-order valence-electron chi connectivity index (χ2n) is 6.49. The highest BCUT2D eigenvalue weighted by molar-refractivity contribution is 7.98. The van der Waals surface area contributed by atoms with E-state index in [2.05, 4.69) is 11.5 Å². The van der Waals surface area contributed by atoms with E-state index in [9.17, 15) is 9.59 Å². The van der Waals surface area contributed by atoms with Gasteiger partial charge in [0.05, 0.1) is 5.56 Å². The van der Waals surface area contributed by atoms with E-state index in [4.69, 9.17) is 4.84 Å². The Bertz CT molecular complexity index is 610. The van der Waals surface area contributed by atoms with Crippen LogP contribution in [-0.2, 0) is 11.3 Å². The van der Waals surface area contributed by atoms with Crippen LogP contribution in [0.25, 0.3) is 0 Å². The first-order valence-corrected chi connectivity index (χ1v) is 9.83. The van der Waals surface area contributed by atoms with Crippen molar-refractivity contribution in [2.45, 2.75) is 43.4 Å². The standard InChI is InChI=1S/C18H24N2O3S/c1-24-16-14(12-13-6-4-7-13)8-5-9-15(16)17(21)19-23-18(22)20-10-2-3-11-20/h5,8-9,13H,2-4,6-7,10-12H2,1H3,(H,19,21). The predicted octanol–water partition coefficient (Wildman–Crippen LogP) is 3.63. The lowest BCUT2D eigenvalue weighted by Gasteiger charge is -2.26. The fraction of sp³-hybridized carbons (Fsp3) is 0.556. The third kappa shape index (κ3) is 3.86. The van der Waals surface area contributed by atoms with Crippen LogP contribution in [0, 0.1) is 5.92 Å². The molecule has 1 saturated heterocycles. The Kier molecular flexibility index (Phi) is 5.66. The highest BCUT2D eigenvalue weighted by atomic mass is 32.2. The zero-order valence-corrected chi connectivity index (χ0v) is 14.9. The number of carbonyl (C=O) groups is 2. The van der Waals surface area contributed by atoms with Gasteiger partial charge >= 0.3 is 6.09 Å². The molecule has 6 heteroatoms. The highest BCUT2D eigenvalue weighted by Gasteiger charge is 2.23. The van der Waals surface area contributed by atoms with Crippen molar-refractivity contribution in [2.24, 2.45) is 5.92 Å². The van der Waals surface area contributed by atoms with Crippen molar-refractivity contribution in [3.8, 4) is 0 Å². The Hall–Kier alpha value is -1.69. The molecular weight excluding hydrogens is 324 g/mol. The van der Waals surface area contributed by atoms with Crippen LogP contribution in [0.3, 0.4) is 0 Å². The molecule has 5 nitrogen and oxygen atoms in total. The summed E-state index contributed by atoms with van der Waals surface area (Å²) >= 11 is 1.57. The maximum Gasteiger partial charge on any atom is 0.434 e. The Balaban J connectivity index is 1.64. The molecule has 130 valence electrons. The van der Waals surface area contributed by atoms with Gasteiger partial charge in [0, 0.05) is 18.0 Å². The first-order chi connectivity index (χ1) is 11.7. The van der Waals surface area contributed by atoms with Gasteiger partial charge in [-0.15, -0.1) is 11.8 Å². The van der Waals surface area contributed by atoms with Gasteiger partial charge in [0.1, 0.15) is 0 Å². The van der Waals surface area contributed by atoms with E-state index in [0.717, 1.165) is 30.1 Å². The molecule has 0 radical (unpaired) electrons. The molecule has 2 fully saturated rings. The molecule has 0 aromatic heterocycles. The lowest BCUT2D eigenvalue weighted by molar-refractivity contribution is 0.0448.